The fourth-order valence-corrected chi connectivity index (χ4v) is 4.88. The maximum Gasteiger partial charge on any atom is 0.258 e. The quantitative estimate of drug-likeness (QED) is 0.802. The van der Waals surface area contributed by atoms with Crippen molar-refractivity contribution in [3.05, 3.63) is 54.1 Å². The van der Waals surface area contributed by atoms with Crippen molar-refractivity contribution < 1.29 is 9.59 Å². The van der Waals surface area contributed by atoms with E-state index in [4.69, 9.17) is 0 Å². The average molecular weight is 410 g/mol. The first-order chi connectivity index (χ1) is 14.2. The Morgan fingerprint density at radius 1 is 0.966 bits per heavy atom. The lowest BCUT2D eigenvalue weighted by atomic mass is 10.1. The summed E-state index contributed by atoms with van der Waals surface area (Å²) in [5, 5.41) is 3.02. The molecular formula is C23H27N3O2S. The number of nitrogens with zero attached hydrogens (tertiary/aromatic N) is 2. The van der Waals surface area contributed by atoms with Gasteiger partial charge in [0, 0.05) is 41.4 Å². The minimum Gasteiger partial charge on any atom is -0.326 e. The summed E-state index contributed by atoms with van der Waals surface area (Å²) in [5.41, 5.74) is 2.31. The van der Waals surface area contributed by atoms with E-state index in [-0.39, 0.29) is 11.8 Å². The van der Waals surface area contributed by atoms with Crippen molar-refractivity contribution in [1.29, 1.82) is 0 Å². The van der Waals surface area contributed by atoms with Crippen LogP contribution in [0.25, 0.3) is 0 Å². The molecule has 0 unspecified atom stereocenters. The van der Waals surface area contributed by atoms with Crippen LogP contribution in [0.4, 0.5) is 11.4 Å². The van der Waals surface area contributed by atoms with E-state index in [1.165, 1.54) is 19.3 Å². The summed E-state index contributed by atoms with van der Waals surface area (Å²) in [6.45, 7) is 3.67. The Labute approximate surface area is 176 Å². The Balaban J connectivity index is 1.43. The molecule has 152 valence electrons. The lowest BCUT2D eigenvalue weighted by Gasteiger charge is -2.29. The van der Waals surface area contributed by atoms with Crippen molar-refractivity contribution in [3.8, 4) is 0 Å². The first-order valence-corrected chi connectivity index (χ1v) is 11.4. The second kappa shape index (κ2) is 9.46. The Morgan fingerprint density at radius 2 is 1.76 bits per heavy atom. The molecule has 4 rings (SSSR count). The number of hydrogen-bond acceptors (Lipinski definition) is 4. The van der Waals surface area contributed by atoms with Gasteiger partial charge in [-0.2, -0.15) is 0 Å². The molecule has 1 N–H and O–H groups in total. The van der Waals surface area contributed by atoms with Gasteiger partial charge in [-0.25, -0.2) is 0 Å². The van der Waals surface area contributed by atoms with Gasteiger partial charge in [-0.15, -0.1) is 11.8 Å². The highest BCUT2D eigenvalue weighted by Gasteiger charge is 2.24. The van der Waals surface area contributed by atoms with Gasteiger partial charge < -0.3 is 15.1 Å². The van der Waals surface area contributed by atoms with Crippen LogP contribution in [0.3, 0.4) is 0 Å². The standard InChI is InChI=1S/C23H27N3O2S/c27-22(11-14-25-12-5-2-6-13-25)24-19-9-10-21-20(17-19)26(15-16-29-21)23(28)18-7-3-1-4-8-18/h1,3-4,7-10,17H,2,5-6,11-16H2,(H,24,27). The third-order valence-corrected chi connectivity index (χ3v) is 6.52. The molecule has 0 aliphatic carbocycles. The molecule has 0 radical (unpaired) electrons. The molecule has 1 saturated heterocycles. The number of carbonyl (C=O) groups excluding carboxylic acids is 2. The second-order valence-corrected chi connectivity index (χ2v) is 8.69. The van der Waals surface area contributed by atoms with Crippen molar-refractivity contribution in [2.24, 2.45) is 0 Å². The number of benzene rings is 2. The Morgan fingerprint density at radius 3 is 2.55 bits per heavy atom. The van der Waals surface area contributed by atoms with Gasteiger partial charge in [-0.1, -0.05) is 24.6 Å². The first kappa shape index (κ1) is 20.0. The van der Waals surface area contributed by atoms with Crippen molar-refractivity contribution in [2.45, 2.75) is 30.6 Å². The fraction of sp³-hybridized carbons (Fsp3) is 0.391. The molecule has 5 nitrogen and oxygen atoms in total. The number of hydrogen-bond donors (Lipinski definition) is 1. The van der Waals surface area contributed by atoms with E-state index in [2.05, 4.69) is 10.2 Å². The minimum absolute atomic E-state index is 0.000671. The predicted octanol–water partition coefficient (Wildman–Crippen LogP) is 4.25. The van der Waals surface area contributed by atoms with E-state index in [9.17, 15) is 9.59 Å². The molecule has 0 spiro atoms. The third kappa shape index (κ3) is 5.00. The molecule has 29 heavy (non-hydrogen) atoms. The maximum atomic E-state index is 13.0. The molecule has 1 fully saturated rings. The number of fused-ring (bicyclic) bond motifs is 1. The smallest absolute Gasteiger partial charge is 0.258 e. The van der Waals surface area contributed by atoms with Gasteiger partial charge in [0.05, 0.1) is 5.69 Å². The van der Waals surface area contributed by atoms with Crippen LogP contribution in [-0.4, -0.2) is 48.6 Å². The van der Waals surface area contributed by atoms with Crippen LogP contribution in [0.1, 0.15) is 36.0 Å². The summed E-state index contributed by atoms with van der Waals surface area (Å²) in [6, 6.07) is 15.2. The molecule has 2 heterocycles. The molecule has 2 aliphatic heterocycles. The third-order valence-electron chi connectivity index (χ3n) is 5.48. The zero-order chi connectivity index (χ0) is 20.1. The summed E-state index contributed by atoms with van der Waals surface area (Å²) in [4.78, 5) is 30.7. The highest BCUT2D eigenvalue weighted by atomic mass is 32.2. The molecule has 2 aromatic rings. The lowest BCUT2D eigenvalue weighted by molar-refractivity contribution is -0.116. The summed E-state index contributed by atoms with van der Waals surface area (Å²) in [6.07, 6.45) is 4.26. The number of likely N-dealkylation sites (tertiary alicyclic amines) is 1. The summed E-state index contributed by atoms with van der Waals surface area (Å²) in [7, 11) is 0. The van der Waals surface area contributed by atoms with Crippen molar-refractivity contribution >= 4 is 35.0 Å². The zero-order valence-corrected chi connectivity index (χ0v) is 17.4. The van der Waals surface area contributed by atoms with E-state index in [1.54, 1.807) is 11.8 Å². The van der Waals surface area contributed by atoms with Crippen LogP contribution in [0, 0.1) is 0 Å². The van der Waals surface area contributed by atoms with Gasteiger partial charge in [-0.05, 0) is 56.3 Å². The number of amides is 2. The van der Waals surface area contributed by atoms with Gasteiger partial charge >= 0.3 is 0 Å². The molecular weight excluding hydrogens is 382 g/mol. The van der Waals surface area contributed by atoms with Crippen LogP contribution in [0.2, 0.25) is 0 Å². The number of carbonyl (C=O) groups is 2. The lowest BCUT2D eigenvalue weighted by Crippen LogP contribution is -2.35. The van der Waals surface area contributed by atoms with E-state index in [0.717, 1.165) is 41.7 Å². The molecule has 0 atom stereocenters. The number of thioether (sulfide) groups is 1. The van der Waals surface area contributed by atoms with Gasteiger partial charge in [0.1, 0.15) is 0 Å². The number of rotatable bonds is 5. The largest absolute Gasteiger partial charge is 0.326 e. The van der Waals surface area contributed by atoms with Crippen LogP contribution < -0.4 is 10.2 Å². The maximum absolute atomic E-state index is 13.0. The van der Waals surface area contributed by atoms with E-state index in [0.29, 0.717) is 18.5 Å². The van der Waals surface area contributed by atoms with Crippen molar-refractivity contribution in [1.82, 2.24) is 4.90 Å². The highest BCUT2D eigenvalue weighted by molar-refractivity contribution is 7.99. The molecule has 0 aromatic heterocycles. The summed E-state index contributed by atoms with van der Waals surface area (Å²) >= 11 is 1.75. The minimum atomic E-state index is 0.000671. The normalized spacial score (nSPS) is 16.9. The number of anilines is 2. The topological polar surface area (TPSA) is 52.7 Å². The number of nitrogens with one attached hydrogen (secondary N) is 1. The summed E-state index contributed by atoms with van der Waals surface area (Å²) in [5.74, 6) is 0.897. The Hall–Kier alpha value is -2.31. The van der Waals surface area contributed by atoms with E-state index in [1.807, 2.05) is 53.4 Å². The zero-order valence-electron chi connectivity index (χ0n) is 16.6. The second-order valence-electron chi connectivity index (χ2n) is 7.55. The Bertz CT molecular complexity index is 866. The SMILES string of the molecule is O=C(CCN1CCCCC1)Nc1ccc2c(c1)N(C(=O)c1ccccc1)CCS2. The Kier molecular flexibility index (Phi) is 6.52. The molecule has 0 bridgehead atoms. The van der Waals surface area contributed by atoms with Crippen molar-refractivity contribution in [2.75, 3.05) is 42.1 Å². The monoisotopic (exact) mass is 409 g/mol. The number of piperidine rings is 1. The molecule has 2 amide bonds. The predicted molar refractivity (Wildman–Crippen MR) is 119 cm³/mol. The fourth-order valence-electron chi connectivity index (χ4n) is 3.91. The van der Waals surface area contributed by atoms with Crippen LogP contribution in [0.5, 0.6) is 0 Å². The molecule has 0 saturated carbocycles. The average Bonchev–Trinajstić information content (AvgIpc) is 2.78. The van der Waals surface area contributed by atoms with Gasteiger partial charge in [0.2, 0.25) is 5.91 Å². The first-order valence-electron chi connectivity index (χ1n) is 10.4. The van der Waals surface area contributed by atoms with E-state index < -0.39 is 0 Å². The molecule has 2 aliphatic rings. The van der Waals surface area contributed by atoms with Crippen molar-refractivity contribution in [3.63, 3.8) is 0 Å². The summed E-state index contributed by atoms with van der Waals surface area (Å²) < 4.78 is 0. The molecule has 2 aromatic carbocycles. The van der Waals surface area contributed by atoms with Gasteiger partial charge in [-0.3, -0.25) is 9.59 Å². The highest BCUT2D eigenvalue weighted by Crippen LogP contribution is 2.37. The van der Waals surface area contributed by atoms with Gasteiger partial charge in [0.25, 0.3) is 5.91 Å². The van der Waals surface area contributed by atoms with E-state index >= 15 is 0 Å². The van der Waals surface area contributed by atoms with Crippen LogP contribution in [-0.2, 0) is 4.79 Å². The molecule has 6 heteroatoms. The van der Waals surface area contributed by atoms with Crippen LogP contribution >= 0.6 is 11.8 Å². The van der Waals surface area contributed by atoms with Crippen LogP contribution in [0.15, 0.2) is 53.4 Å². The van der Waals surface area contributed by atoms with Gasteiger partial charge in [0.15, 0.2) is 0 Å².